The highest BCUT2D eigenvalue weighted by Gasteiger charge is 2.12. The Labute approximate surface area is 125 Å². The molecule has 1 atom stereocenters. The summed E-state index contributed by atoms with van der Waals surface area (Å²) in [5, 5.41) is 12.6. The summed E-state index contributed by atoms with van der Waals surface area (Å²) in [6, 6.07) is 4.15. The van der Waals surface area contributed by atoms with E-state index in [9.17, 15) is 5.11 Å². The molecule has 0 amide bonds. The van der Waals surface area contributed by atoms with Crippen molar-refractivity contribution in [1.29, 1.82) is 0 Å². The Kier molecular flexibility index (Phi) is 6.63. The lowest BCUT2D eigenvalue weighted by Crippen LogP contribution is -2.36. The van der Waals surface area contributed by atoms with Crippen molar-refractivity contribution in [2.45, 2.75) is 26.4 Å². The van der Waals surface area contributed by atoms with Crippen molar-refractivity contribution >= 4 is 31.9 Å². The maximum absolute atomic E-state index is 9.26. The lowest BCUT2D eigenvalue weighted by Gasteiger charge is -2.20. The average molecular weight is 381 g/mol. The minimum absolute atomic E-state index is 0.115. The van der Waals surface area contributed by atoms with Crippen molar-refractivity contribution in [3.63, 3.8) is 0 Å². The first-order valence-electron chi connectivity index (χ1n) is 5.85. The molecule has 5 heteroatoms. The van der Waals surface area contributed by atoms with Crippen LogP contribution in [0.1, 0.15) is 19.4 Å². The fourth-order valence-electron chi connectivity index (χ4n) is 1.67. The molecule has 0 aliphatic heterocycles. The first kappa shape index (κ1) is 16.0. The van der Waals surface area contributed by atoms with E-state index in [0.29, 0.717) is 12.5 Å². The number of nitrogens with one attached hydrogen (secondary N) is 1. The van der Waals surface area contributed by atoms with Gasteiger partial charge >= 0.3 is 0 Å². The van der Waals surface area contributed by atoms with Crippen LogP contribution in [0.5, 0.6) is 5.75 Å². The summed E-state index contributed by atoms with van der Waals surface area (Å²) in [5.41, 5.74) is 1.13. The molecule has 0 heterocycles. The molecule has 1 rings (SSSR count). The van der Waals surface area contributed by atoms with E-state index in [4.69, 9.17) is 4.74 Å². The SMILES string of the molecule is COc1c(Br)cc(CN[C@H](CO)C(C)C)cc1Br. The third kappa shape index (κ3) is 4.23. The van der Waals surface area contributed by atoms with Crippen molar-refractivity contribution in [3.05, 3.63) is 26.6 Å². The number of rotatable bonds is 6. The summed E-state index contributed by atoms with van der Waals surface area (Å²) < 4.78 is 7.10. The molecule has 0 unspecified atom stereocenters. The minimum atomic E-state index is 0.115. The molecule has 0 aromatic heterocycles. The van der Waals surface area contributed by atoms with E-state index in [-0.39, 0.29) is 12.6 Å². The zero-order valence-electron chi connectivity index (χ0n) is 10.8. The van der Waals surface area contributed by atoms with Crippen molar-refractivity contribution in [2.75, 3.05) is 13.7 Å². The van der Waals surface area contributed by atoms with E-state index >= 15 is 0 Å². The Morgan fingerprint density at radius 1 is 1.28 bits per heavy atom. The molecule has 0 bridgehead atoms. The lowest BCUT2D eigenvalue weighted by molar-refractivity contribution is 0.210. The molecule has 0 aliphatic rings. The van der Waals surface area contributed by atoms with Crippen LogP contribution < -0.4 is 10.1 Å². The first-order chi connectivity index (χ1) is 8.49. The van der Waals surface area contributed by atoms with Gasteiger partial charge in [0.1, 0.15) is 5.75 Å². The molecule has 1 aromatic carbocycles. The van der Waals surface area contributed by atoms with Gasteiger partial charge in [-0.1, -0.05) is 13.8 Å². The van der Waals surface area contributed by atoms with Crippen LogP contribution in [0, 0.1) is 5.92 Å². The maximum Gasteiger partial charge on any atom is 0.147 e. The molecule has 102 valence electrons. The van der Waals surface area contributed by atoms with Gasteiger partial charge < -0.3 is 15.2 Å². The third-order valence-electron chi connectivity index (χ3n) is 2.83. The summed E-state index contributed by atoms with van der Waals surface area (Å²) in [6.45, 7) is 5.04. The van der Waals surface area contributed by atoms with Gasteiger partial charge in [0, 0.05) is 12.6 Å². The molecule has 0 saturated heterocycles. The standard InChI is InChI=1S/C13H19Br2NO2/c1-8(2)12(7-17)16-6-9-4-10(14)13(18-3)11(15)5-9/h4-5,8,12,16-17H,6-7H2,1-3H3/t12-/m1/s1. The molecule has 0 radical (unpaired) electrons. The topological polar surface area (TPSA) is 41.5 Å². The smallest absolute Gasteiger partial charge is 0.147 e. The summed E-state index contributed by atoms with van der Waals surface area (Å²) in [7, 11) is 1.64. The third-order valence-corrected chi connectivity index (χ3v) is 4.01. The maximum atomic E-state index is 9.26. The fraction of sp³-hybridized carbons (Fsp3) is 0.538. The predicted octanol–water partition coefficient (Wildman–Crippen LogP) is 3.33. The zero-order valence-corrected chi connectivity index (χ0v) is 14.0. The van der Waals surface area contributed by atoms with Gasteiger partial charge in [-0.05, 0) is 55.5 Å². The van der Waals surface area contributed by atoms with Crippen LogP contribution in [0.15, 0.2) is 21.1 Å². The second-order valence-electron chi connectivity index (χ2n) is 4.51. The number of halogens is 2. The van der Waals surface area contributed by atoms with Crippen LogP contribution in [0.3, 0.4) is 0 Å². The molecule has 1 aromatic rings. The van der Waals surface area contributed by atoms with E-state index in [2.05, 4.69) is 51.0 Å². The molecule has 0 aliphatic carbocycles. The lowest BCUT2D eigenvalue weighted by atomic mass is 10.1. The highest BCUT2D eigenvalue weighted by Crippen LogP contribution is 2.34. The average Bonchev–Trinajstić information content (AvgIpc) is 2.29. The van der Waals surface area contributed by atoms with Gasteiger partial charge in [-0.2, -0.15) is 0 Å². The predicted molar refractivity (Wildman–Crippen MR) is 80.9 cm³/mol. The van der Waals surface area contributed by atoms with Gasteiger partial charge in [0.2, 0.25) is 0 Å². The molecular weight excluding hydrogens is 362 g/mol. The van der Waals surface area contributed by atoms with E-state index in [0.717, 1.165) is 20.3 Å². The van der Waals surface area contributed by atoms with Crippen LogP contribution >= 0.6 is 31.9 Å². The minimum Gasteiger partial charge on any atom is -0.494 e. The number of aliphatic hydroxyl groups is 1. The fourth-order valence-corrected chi connectivity index (χ4v) is 3.27. The monoisotopic (exact) mass is 379 g/mol. The molecule has 18 heavy (non-hydrogen) atoms. The Morgan fingerprint density at radius 3 is 2.22 bits per heavy atom. The van der Waals surface area contributed by atoms with Crippen molar-refractivity contribution < 1.29 is 9.84 Å². The van der Waals surface area contributed by atoms with Gasteiger partial charge in [0.25, 0.3) is 0 Å². The van der Waals surface area contributed by atoms with Gasteiger partial charge in [0.15, 0.2) is 0 Å². The molecule has 2 N–H and O–H groups in total. The molecule has 3 nitrogen and oxygen atoms in total. The Bertz CT molecular complexity index is 374. The van der Waals surface area contributed by atoms with Gasteiger partial charge in [-0.3, -0.25) is 0 Å². The highest BCUT2D eigenvalue weighted by atomic mass is 79.9. The second kappa shape index (κ2) is 7.48. The molecular formula is C13H19Br2NO2. The van der Waals surface area contributed by atoms with Crippen molar-refractivity contribution in [1.82, 2.24) is 5.32 Å². The Morgan fingerprint density at radius 2 is 1.83 bits per heavy atom. The van der Waals surface area contributed by atoms with Gasteiger partial charge in [0.05, 0.1) is 22.7 Å². The summed E-state index contributed by atoms with van der Waals surface area (Å²) >= 11 is 6.96. The summed E-state index contributed by atoms with van der Waals surface area (Å²) in [6.07, 6.45) is 0. The Balaban J connectivity index is 2.74. The van der Waals surface area contributed by atoms with Crippen molar-refractivity contribution in [2.24, 2.45) is 5.92 Å². The highest BCUT2D eigenvalue weighted by molar-refractivity contribution is 9.11. The van der Waals surface area contributed by atoms with Crippen LogP contribution in [0.4, 0.5) is 0 Å². The first-order valence-corrected chi connectivity index (χ1v) is 7.44. The van der Waals surface area contributed by atoms with Crippen LogP contribution in [0.2, 0.25) is 0 Å². The van der Waals surface area contributed by atoms with Gasteiger partial charge in [-0.15, -0.1) is 0 Å². The van der Waals surface area contributed by atoms with Crippen LogP contribution in [-0.2, 0) is 6.54 Å². The second-order valence-corrected chi connectivity index (χ2v) is 6.22. The summed E-state index contributed by atoms with van der Waals surface area (Å²) in [4.78, 5) is 0. The van der Waals surface area contributed by atoms with Gasteiger partial charge in [-0.25, -0.2) is 0 Å². The van der Waals surface area contributed by atoms with E-state index in [1.54, 1.807) is 7.11 Å². The van der Waals surface area contributed by atoms with Crippen LogP contribution in [0.25, 0.3) is 0 Å². The van der Waals surface area contributed by atoms with Crippen molar-refractivity contribution in [3.8, 4) is 5.75 Å². The number of methoxy groups -OCH3 is 1. The number of ether oxygens (including phenoxy) is 1. The number of hydrogen-bond acceptors (Lipinski definition) is 3. The number of aliphatic hydroxyl groups excluding tert-OH is 1. The van der Waals surface area contributed by atoms with E-state index in [1.165, 1.54) is 0 Å². The van der Waals surface area contributed by atoms with E-state index < -0.39 is 0 Å². The van der Waals surface area contributed by atoms with E-state index in [1.807, 2.05) is 12.1 Å². The molecule has 0 fully saturated rings. The number of hydrogen-bond donors (Lipinski definition) is 2. The zero-order chi connectivity index (χ0) is 13.7. The normalized spacial score (nSPS) is 12.8. The number of benzene rings is 1. The summed E-state index contributed by atoms with van der Waals surface area (Å²) in [5.74, 6) is 1.20. The Hall–Kier alpha value is -0.100. The van der Waals surface area contributed by atoms with Crippen LogP contribution in [-0.4, -0.2) is 24.9 Å². The molecule has 0 saturated carbocycles. The largest absolute Gasteiger partial charge is 0.494 e. The quantitative estimate of drug-likeness (QED) is 0.795. The molecule has 0 spiro atoms.